The predicted octanol–water partition coefficient (Wildman–Crippen LogP) is 1.48. The van der Waals surface area contributed by atoms with Gasteiger partial charge in [-0.15, -0.1) is 0 Å². The predicted molar refractivity (Wildman–Crippen MR) is 59.9 cm³/mol. The van der Waals surface area contributed by atoms with Crippen LogP contribution in [0, 0.1) is 10.1 Å². The highest BCUT2D eigenvalue weighted by molar-refractivity contribution is 9.10. The molecule has 1 unspecified atom stereocenters. The van der Waals surface area contributed by atoms with Gasteiger partial charge in [0.25, 0.3) is 0 Å². The summed E-state index contributed by atoms with van der Waals surface area (Å²) in [4.78, 5) is 20.6. The number of methoxy groups -OCH3 is 1. The first kappa shape index (κ1) is 13.4. The molecule has 0 saturated carbocycles. The van der Waals surface area contributed by atoms with Gasteiger partial charge in [-0.2, -0.15) is 0 Å². The van der Waals surface area contributed by atoms with Gasteiger partial charge in [-0.25, -0.2) is 4.79 Å². The number of hydrogen-bond acceptors (Lipinski definition) is 5. The van der Waals surface area contributed by atoms with E-state index in [1.54, 1.807) is 0 Å². The van der Waals surface area contributed by atoms with E-state index in [-0.39, 0.29) is 15.8 Å². The zero-order chi connectivity index (χ0) is 13.2. The van der Waals surface area contributed by atoms with Gasteiger partial charge in [-0.3, -0.25) is 10.1 Å². The molecule has 0 saturated heterocycles. The van der Waals surface area contributed by atoms with Crippen LogP contribution in [0.15, 0.2) is 16.6 Å². The molecule has 0 radical (unpaired) electrons. The lowest BCUT2D eigenvalue weighted by Gasteiger charge is -2.10. The standard InChI is InChI=1S/C9H8BrNO6/c1-17-7-3-5(10)4(8(12)9(13)14)2-6(7)11(15)16/h2-3,8,12H,1H3,(H,13,14). The first-order chi connectivity index (χ1) is 7.88. The molecule has 0 aliphatic carbocycles. The fraction of sp³-hybridized carbons (Fsp3) is 0.222. The molecule has 0 bridgehead atoms. The number of carboxylic acid groups (broad SMARTS) is 1. The summed E-state index contributed by atoms with van der Waals surface area (Å²) in [5.74, 6) is -1.52. The highest BCUT2D eigenvalue weighted by Crippen LogP contribution is 2.35. The Bertz CT molecular complexity index is 475. The summed E-state index contributed by atoms with van der Waals surface area (Å²) < 4.78 is 5.00. The van der Waals surface area contributed by atoms with Crippen LogP contribution in [-0.4, -0.2) is 28.2 Å². The van der Waals surface area contributed by atoms with Crippen LogP contribution in [0.5, 0.6) is 5.75 Å². The fourth-order valence-corrected chi connectivity index (χ4v) is 1.75. The summed E-state index contributed by atoms with van der Waals surface area (Å²) in [5, 5.41) is 28.7. The van der Waals surface area contributed by atoms with Crippen LogP contribution in [0.3, 0.4) is 0 Å². The molecule has 1 atom stereocenters. The number of rotatable bonds is 4. The van der Waals surface area contributed by atoms with Crippen LogP contribution >= 0.6 is 15.9 Å². The topological polar surface area (TPSA) is 110 Å². The molecule has 0 amide bonds. The molecule has 1 aromatic carbocycles. The van der Waals surface area contributed by atoms with Crippen molar-refractivity contribution in [2.24, 2.45) is 0 Å². The van der Waals surface area contributed by atoms with Crippen molar-refractivity contribution < 1.29 is 24.7 Å². The fourth-order valence-electron chi connectivity index (χ4n) is 1.21. The SMILES string of the molecule is COc1cc(Br)c(C(O)C(=O)O)cc1[N+](=O)[O-]. The monoisotopic (exact) mass is 305 g/mol. The Kier molecular flexibility index (Phi) is 4.02. The van der Waals surface area contributed by atoms with Crippen LogP contribution in [-0.2, 0) is 4.79 Å². The Balaban J connectivity index is 3.39. The molecular formula is C9H8BrNO6. The highest BCUT2D eigenvalue weighted by atomic mass is 79.9. The number of carboxylic acids is 1. The molecule has 1 rings (SSSR count). The first-order valence-corrected chi connectivity index (χ1v) is 5.10. The minimum absolute atomic E-state index is 0.0248. The van der Waals surface area contributed by atoms with Crippen LogP contribution in [0.1, 0.15) is 11.7 Å². The van der Waals surface area contributed by atoms with Gasteiger partial charge in [-0.1, -0.05) is 15.9 Å². The number of aliphatic hydroxyl groups excluding tert-OH is 1. The molecular weight excluding hydrogens is 298 g/mol. The molecule has 0 spiro atoms. The lowest BCUT2D eigenvalue weighted by atomic mass is 10.1. The first-order valence-electron chi connectivity index (χ1n) is 4.31. The van der Waals surface area contributed by atoms with E-state index in [0.29, 0.717) is 0 Å². The van der Waals surface area contributed by atoms with Crippen molar-refractivity contribution in [3.63, 3.8) is 0 Å². The van der Waals surface area contributed by atoms with Gasteiger partial charge in [0.2, 0.25) is 0 Å². The lowest BCUT2D eigenvalue weighted by Crippen LogP contribution is -2.11. The van der Waals surface area contributed by atoms with E-state index >= 15 is 0 Å². The molecule has 1 aromatic rings. The normalized spacial score (nSPS) is 11.9. The molecule has 7 nitrogen and oxygen atoms in total. The number of nitrogens with zero attached hydrogens (tertiary/aromatic N) is 1. The number of hydrogen-bond donors (Lipinski definition) is 2. The zero-order valence-electron chi connectivity index (χ0n) is 8.58. The van der Waals surface area contributed by atoms with E-state index in [2.05, 4.69) is 15.9 Å². The van der Waals surface area contributed by atoms with Crippen LogP contribution < -0.4 is 4.74 Å². The van der Waals surface area contributed by atoms with Crippen LogP contribution in [0.25, 0.3) is 0 Å². The Hall–Kier alpha value is -1.67. The number of carbonyl (C=O) groups is 1. The second-order valence-electron chi connectivity index (χ2n) is 3.04. The van der Waals surface area contributed by atoms with Crippen molar-refractivity contribution in [2.75, 3.05) is 7.11 Å². The smallest absolute Gasteiger partial charge is 0.337 e. The van der Waals surface area contributed by atoms with E-state index in [1.807, 2.05) is 0 Å². The van der Waals surface area contributed by atoms with Crippen molar-refractivity contribution in [1.82, 2.24) is 0 Å². The van der Waals surface area contributed by atoms with Crippen LogP contribution in [0.4, 0.5) is 5.69 Å². The molecule has 0 heterocycles. The van der Waals surface area contributed by atoms with Crippen molar-refractivity contribution >= 4 is 27.6 Å². The Labute approximate surface area is 104 Å². The number of benzene rings is 1. The molecule has 92 valence electrons. The van der Waals surface area contributed by atoms with Gasteiger partial charge in [0.05, 0.1) is 12.0 Å². The summed E-state index contributed by atoms with van der Waals surface area (Å²) in [6, 6.07) is 2.20. The Morgan fingerprint density at radius 2 is 2.18 bits per heavy atom. The third-order valence-electron chi connectivity index (χ3n) is 2.02. The number of halogens is 1. The lowest BCUT2D eigenvalue weighted by molar-refractivity contribution is -0.385. The van der Waals surface area contributed by atoms with E-state index < -0.39 is 22.7 Å². The molecule has 0 aliphatic heterocycles. The number of nitro benzene ring substituents is 1. The average Bonchev–Trinajstić information content (AvgIpc) is 2.27. The van der Waals surface area contributed by atoms with Crippen LogP contribution in [0.2, 0.25) is 0 Å². The Morgan fingerprint density at radius 3 is 2.59 bits per heavy atom. The maximum Gasteiger partial charge on any atom is 0.337 e. The Morgan fingerprint density at radius 1 is 1.59 bits per heavy atom. The third-order valence-corrected chi connectivity index (χ3v) is 2.71. The molecule has 2 N–H and O–H groups in total. The zero-order valence-corrected chi connectivity index (χ0v) is 10.2. The number of aliphatic carboxylic acids is 1. The van der Waals surface area contributed by atoms with Gasteiger partial charge in [0.1, 0.15) is 0 Å². The summed E-state index contributed by atoms with van der Waals surface area (Å²) in [6.07, 6.45) is -1.84. The van der Waals surface area contributed by atoms with Gasteiger partial charge < -0.3 is 14.9 Å². The molecule has 0 aromatic heterocycles. The summed E-state index contributed by atoms with van der Waals surface area (Å²) >= 11 is 3.01. The largest absolute Gasteiger partial charge is 0.490 e. The van der Waals surface area contributed by atoms with Crippen molar-refractivity contribution in [2.45, 2.75) is 6.10 Å². The molecule has 17 heavy (non-hydrogen) atoms. The molecule has 8 heteroatoms. The second kappa shape index (κ2) is 5.11. The van der Waals surface area contributed by atoms with E-state index in [1.165, 1.54) is 13.2 Å². The van der Waals surface area contributed by atoms with E-state index in [9.17, 15) is 20.0 Å². The molecule has 0 fully saturated rings. The number of aliphatic hydroxyl groups is 1. The summed E-state index contributed by atoms with van der Waals surface area (Å²) in [5.41, 5.74) is -0.518. The number of nitro groups is 1. The van der Waals surface area contributed by atoms with Gasteiger partial charge in [0, 0.05) is 22.2 Å². The third kappa shape index (κ3) is 2.71. The van der Waals surface area contributed by atoms with Gasteiger partial charge >= 0.3 is 11.7 Å². The summed E-state index contributed by atoms with van der Waals surface area (Å²) in [6.45, 7) is 0. The number of ether oxygens (including phenoxy) is 1. The average molecular weight is 306 g/mol. The molecule has 0 aliphatic rings. The summed E-state index contributed by atoms with van der Waals surface area (Å²) in [7, 11) is 1.25. The van der Waals surface area contributed by atoms with E-state index in [4.69, 9.17) is 9.84 Å². The maximum absolute atomic E-state index is 10.7. The second-order valence-corrected chi connectivity index (χ2v) is 3.90. The minimum atomic E-state index is -1.84. The van der Waals surface area contributed by atoms with E-state index in [0.717, 1.165) is 6.07 Å². The van der Waals surface area contributed by atoms with Crippen molar-refractivity contribution in [1.29, 1.82) is 0 Å². The quantitative estimate of drug-likeness (QED) is 0.644. The van der Waals surface area contributed by atoms with Gasteiger partial charge in [0.15, 0.2) is 11.9 Å². The van der Waals surface area contributed by atoms with Crippen molar-refractivity contribution in [3.05, 3.63) is 32.3 Å². The minimum Gasteiger partial charge on any atom is -0.490 e. The maximum atomic E-state index is 10.7. The van der Waals surface area contributed by atoms with Crippen molar-refractivity contribution in [3.8, 4) is 5.75 Å². The highest BCUT2D eigenvalue weighted by Gasteiger charge is 2.25. The van der Waals surface area contributed by atoms with Gasteiger partial charge in [-0.05, 0) is 0 Å².